The van der Waals surface area contributed by atoms with E-state index in [9.17, 15) is 13.6 Å². The summed E-state index contributed by atoms with van der Waals surface area (Å²) in [6.45, 7) is 5.37. The summed E-state index contributed by atoms with van der Waals surface area (Å²) >= 11 is 0. The van der Waals surface area contributed by atoms with Crippen molar-refractivity contribution in [1.29, 1.82) is 0 Å². The Morgan fingerprint density at radius 2 is 1.81 bits per heavy atom. The smallest absolute Gasteiger partial charge is 0.253 e. The van der Waals surface area contributed by atoms with Gasteiger partial charge in [0.15, 0.2) is 0 Å². The Kier molecular flexibility index (Phi) is 4.93. The van der Waals surface area contributed by atoms with Crippen LogP contribution in [0.2, 0.25) is 0 Å². The van der Waals surface area contributed by atoms with Crippen LogP contribution in [0.1, 0.15) is 10.4 Å². The Labute approximate surface area is 158 Å². The third kappa shape index (κ3) is 3.73. The van der Waals surface area contributed by atoms with E-state index in [4.69, 9.17) is 0 Å². The Morgan fingerprint density at radius 3 is 2.63 bits per heavy atom. The van der Waals surface area contributed by atoms with Crippen molar-refractivity contribution in [2.24, 2.45) is 0 Å². The molecule has 2 heterocycles. The molecule has 2 saturated heterocycles. The van der Waals surface area contributed by atoms with E-state index in [1.54, 1.807) is 24.3 Å². The predicted octanol–water partition coefficient (Wildman–Crippen LogP) is 2.70. The second kappa shape index (κ2) is 7.37. The Bertz CT molecular complexity index is 857. The quantitative estimate of drug-likeness (QED) is 0.812. The number of benzene rings is 2. The lowest BCUT2D eigenvalue weighted by atomic mass is 10.0. The van der Waals surface area contributed by atoms with E-state index in [1.165, 1.54) is 12.1 Å². The number of halogens is 2. The molecule has 0 saturated carbocycles. The van der Waals surface area contributed by atoms with Gasteiger partial charge >= 0.3 is 0 Å². The Morgan fingerprint density at radius 1 is 1.00 bits per heavy atom. The van der Waals surface area contributed by atoms with Crippen molar-refractivity contribution >= 4 is 5.91 Å². The molecule has 27 heavy (non-hydrogen) atoms. The fraction of sp³-hybridized carbons (Fsp3) is 0.381. The van der Waals surface area contributed by atoms with Gasteiger partial charge in [-0.3, -0.25) is 9.69 Å². The van der Waals surface area contributed by atoms with Crippen molar-refractivity contribution in [2.45, 2.75) is 6.04 Å². The fourth-order valence-corrected chi connectivity index (χ4v) is 4.02. The largest absolute Gasteiger partial charge is 0.336 e. The molecule has 142 valence electrons. The average molecular weight is 371 g/mol. The van der Waals surface area contributed by atoms with Gasteiger partial charge in [0.2, 0.25) is 0 Å². The van der Waals surface area contributed by atoms with Crippen LogP contribution >= 0.6 is 0 Å². The van der Waals surface area contributed by atoms with Gasteiger partial charge < -0.3 is 9.80 Å². The van der Waals surface area contributed by atoms with Crippen LogP contribution in [0.25, 0.3) is 11.1 Å². The molecule has 0 N–H and O–H groups in total. The highest BCUT2D eigenvalue weighted by Gasteiger charge is 2.33. The molecule has 6 heteroatoms. The molecule has 0 aromatic heterocycles. The van der Waals surface area contributed by atoms with E-state index in [0.717, 1.165) is 32.2 Å². The lowest BCUT2D eigenvalue weighted by Crippen LogP contribution is -2.62. The first kappa shape index (κ1) is 18.1. The molecule has 2 aromatic carbocycles. The van der Waals surface area contributed by atoms with E-state index in [0.29, 0.717) is 35.8 Å². The van der Waals surface area contributed by atoms with Crippen LogP contribution in [-0.2, 0) is 0 Å². The molecule has 2 fully saturated rings. The average Bonchev–Trinajstić information content (AvgIpc) is 2.67. The van der Waals surface area contributed by atoms with Gasteiger partial charge in [-0.2, -0.15) is 0 Å². The molecule has 2 aliphatic rings. The molecule has 4 rings (SSSR count). The summed E-state index contributed by atoms with van der Waals surface area (Å²) in [4.78, 5) is 19.7. The predicted molar refractivity (Wildman–Crippen MR) is 101 cm³/mol. The van der Waals surface area contributed by atoms with E-state index in [1.807, 2.05) is 4.90 Å². The molecule has 0 bridgehead atoms. The van der Waals surface area contributed by atoms with E-state index in [-0.39, 0.29) is 5.91 Å². The van der Waals surface area contributed by atoms with E-state index in [2.05, 4.69) is 16.8 Å². The lowest BCUT2D eigenvalue weighted by Gasteiger charge is -2.46. The zero-order valence-electron chi connectivity index (χ0n) is 15.4. The SMILES string of the molecule is CN1CCN2CCN(C(=O)c3cccc(-c4ccc(F)cc4F)c3)C[C@H]2C1. The molecule has 0 spiro atoms. The van der Waals surface area contributed by atoms with E-state index < -0.39 is 11.6 Å². The molecule has 0 aliphatic carbocycles. The number of carbonyl (C=O) groups is 1. The normalized spacial score (nSPS) is 21.1. The minimum absolute atomic E-state index is 0.0350. The number of fused-ring (bicyclic) bond motifs is 1. The van der Waals surface area contributed by atoms with Crippen LogP contribution in [0.5, 0.6) is 0 Å². The highest BCUT2D eigenvalue weighted by atomic mass is 19.1. The highest BCUT2D eigenvalue weighted by molar-refractivity contribution is 5.95. The van der Waals surface area contributed by atoms with Crippen LogP contribution in [0.3, 0.4) is 0 Å². The van der Waals surface area contributed by atoms with Crippen LogP contribution in [0.15, 0.2) is 42.5 Å². The van der Waals surface area contributed by atoms with Crippen molar-refractivity contribution < 1.29 is 13.6 Å². The van der Waals surface area contributed by atoms with Crippen LogP contribution in [0, 0.1) is 11.6 Å². The molecule has 2 aromatic rings. The van der Waals surface area contributed by atoms with Crippen molar-refractivity contribution in [2.75, 3.05) is 46.3 Å². The first-order valence-electron chi connectivity index (χ1n) is 9.28. The molecule has 2 aliphatic heterocycles. The number of hydrogen-bond acceptors (Lipinski definition) is 3. The number of piperazine rings is 2. The maximum Gasteiger partial charge on any atom is 0.253 e. The Hall–Kier alpha value is -2.31. The fourth-order valence-electron chi connectivity index (χ4n) is 4.02. The van der Waals surface area contributed by atoms with Crippen molar-refractivity contribution in [3.63, 3.8) is 0 Å². The van der Waals surface area contributed by atoms with E-state index >= 15 is 0 Å². The van der Waals surface area contributed by atoms with Crippen LogP contribution in [0.4, 0.5) is 8.78 Å². The Balaban J connectivity index is 1.54. The van der Waals surface area contributed by atoms with Gasteiger partial charge in [-0.1, -0.05) is 12.1 Å². The van der Waals surface area contributed by atoms with Crippen molar-refractivity contribution in [3.05, 3.63) is 59.7 Å². The number of amides is 1. The minimum Gasteiger partial charge on any atom is -0.336 e. The first-order chi connectivity index (χ1) is 13.0. The summed E-state index contributed by atoms with van der Waals surface area (Å²) in [5, 5.41) is 0. The maximum atomic E-state index is 14.1. The van der Waals surface area contributed by atoms with Gasteiger partial charge in [-0.25, -0.2) is 8.78 Å². The van der Waals surface area contributed by atoms with Crippen molar-refractivity contribution in [1.82, 2.24) is 14.7 Å². The lowest BCUT2D eigenvalue weighted by molar-refractivity contribution is 0.0190. The molecule has 1 atom stereocenters. The topological polar surface area (TPSA) is 26.8 Å². The van der Waals surface area contributed by atoms with Crippen LogP contribution < -0.4 is 0 Å². The second-order valence-electron chi connectivity index (χ2n) is 7.41. The standard InChI is InChI=1S/C21H23F2N3O/c1-24-7-8-25-9-10-26(14-18(25)13-24)21(27)16-4-2-3-15(11-16)19-6-5-17(22)12-20(19)23/h2-6,11-12,18H,7-10,13-14H2,1H3/t18-/m1/s1. The maximum absolute atomic E-state index is 14.1. The number of hydrogen-bond donors (Lipinski definition) is 0. The van der Waals surface area contributed by atoms with Gasteiger partial charge in [0.05, 0.1) is 0 Å². The first-order valence-corrected chi connectivity index (χ1v) is 9.28. The molecule has 0 radical (unpaired) electrons. The molecule has 4 nitrogen and oxygen atoms in total. The molecule has 1 amide bonds. The molecular weight excluding hydrogens is 348 g/mol. The van der Waals surface area contributed by atoms with Gasteiger partial charge in [0.25, 0.3) is 5.91 Å². The number of rotatable bonds is 2. The summed E-state index contributed by atoms with van der Waals surface area (Å²) in [5.74, 6) is -1.27. The third-order valence-corrected chi connectivity index (χ3v) is 5.53. The van der Waals surface area contributed by atoms with Gasteiger partial charge in [-0.05, 0) is 36.9 Å². The summed E-state index contributed by atoms with van der Waals surface area (Å²) in [7, 11) is 2.11. The monoisotopic (exact) mass is 371 g/mol. The highest BCUT2D eigenvalue weighted by Crippen LogP contribution is 2.25. The summed E-state index contributed by atoms with van der Waals surface area (Å²) in [6.07, 6.45) is 0. The summed E-state index contributed by atoms with van der Waals surface area (Å²) in [5.41, 5.74) is 1.41. The molecular formula is C21H23F2N3O. The number of nitrogens with zero attached hydrogens (tertiary/aromatic N) is 3. The second-order valence-corrected chi connectivity index (χ2v) is 7.41. The zero-order chi connectivity index (χ0) is 19.0. The minimum atomic E-state index is -0.626. The summed E-state index contributed by atoms with van der Waals surface area (Å²) in [6, 6.07) is 10.8. The van der Waals surface area contributed by atoms with Gasteiger partial charge in [0, 0.05) is 62.5 Å². The van der Waals surface area contributed by atoms with Crippen molar-refractivity contribution in [3.8, 4) is 11.1 Å². The zero-order valence-corrected chi connectivity index (χ0v) is 15.4. The number of carbonyl (C=O) groups excluding carboxylic acids is 1. The van der Waals surface area contributed by atoms with Gasteiger partial charge in [-0.15, -0.1) is 0 Å². The molecule has 0 unspecified atom stereocenters. The van der Waals surface area contributed by atoms with Gasteiger partial charge in [0.1, 0.15) is 11.6 Å². The number of likely N-dealkylation sites (N-methyl/N-ethyl adjacent to an activating group) is 1. The summed E-state index contributed by atoms with van der Waals surface area (Å²) < 4.78 is 27.3. The third-order valence-electron chi connectivity index (χ3n) is 5.53. The van der Waals surface area contributed by atoms with Crippen LogP contribution in [-0.4, -0.2) is 73.0 Å².